The first-order chi connectivity index (χ1) is 1.73. The molecule has 0 aromatic carbocycles. The zero-order valence-electron chi connectivity index (χ0n) is 6.50. The van der Waals surface area contributed by atoms with E-state index in [0.717, 1.165) is 0 Å². The van der Waals surface area contributed by atoms with Gasteiger partial charge in [0, 0.05) is 55.3 Å². The summed E-state index contributed by atoms with van der Waals surface area (Å²) in [5.74, 6) is 0. The van der Waals surface area contributed by atoms with Crippen LogP contribution in [0.4, 0.5) is 0 Å². The standard InChI is InChI=1S/Al.BH3O3.Fe.Mg.Ni.Sb.Ti.8H/c;2-1(3)4;;;;;;;;;;;;;/h;2-4H;;;;;;;;;;;;;/q;;;+2;;;;;;;;;;2*-1. The molecule has 0 aliphatic rings. The van der Waals surface area contributed by atoms with Gasteiger partial charge in [-0.15, -0.1) is 0 Å². The van der Waals surface area contributed by atoms with E-state index in [1.165, 1.54) is 0 Å². The maximum atomic E-state index is 7.17. The minimum absolute atomic E-state index is 0. The van der Waals surface area contributed by atoms with Gasteiger partial charge in [-0.05, 0) is 0 Å². The Labute approximate surface area is 143 Å². The zero-order valence-corrected chi connectivity index (χ0v) is 13.6. The maximum absolute atomic E-state index is 7.17. The van der Waals surface area contributed by atoms with Crippen LogP contribution >= 0.6 is 0 Å². The summed E-state index contributed by atoms with van der Waals surface area (Å²) in [7, 11) is -2.17. The van der Waals surface area contributed by atoms with Crippen LogP contribution in [0.25, 0.3) is 0 Å². The summed E-state index contributed by atoms with van der Waals surface area (Å²) < 4.78 is 0. The van der Waals surface area contributed by atoms with Crippen molar-refractivity contribution in [2.45, 2.75) is 0 Å². The average Bonchev–Trinajstić information content (AvgIpc) is 0.811. The summed E-state index contributed by atoms with van der Waals surface area (Å²) in [6, 6.07) is 0. The number of rotatable bonds is 0. The normalized spacial score (nSPS) is 2.70. The Morgan fingerprint density at radius 2 is 1.10 bits per heavy atom. The van der Waals surface area contributed by atoms with Gasteiger partial charge in [0.05, 0.1) is 0 Å². The Hall–Kier alpha value is 3.79. The molecule has 0 radical (unpaired) electrons. The first-order valence-electron chi connectivity index (χ1n) is 0.775. The molecule has 0 aromatic rings. The van der Waals surface area contributed by atoms with Crippen LogP contribution in [0.2, 0.25) is 0 Å². The molecule has 0 spiro atoms. The van der Waals surface area contributed by atoms with Gasteiger partial charge in [0.2, 0.25) is 0 Å². The van der Waals surface area contributed by atoms with E-state index in [2.05, 4.69) is 0 Å². The van der Waals surface area contributed by atoms with Gasteiger partial charge in [0.25, 0.3) is 0 Å². The van der Waals surface area contributed by atoms with E-state index in [-0.39, 0.29) is 123 Å². The predicted octanol–water partition coefficient (Wildman–Crippen LogP) is -4.58. The van der Waals surface area contributed by atoms with Gasteiger partial charge >= 0.3 is 54.8 Å². The zero-order chi connectivity index (χ0) is 3.58. The molecule has 3 N–H and O–H groups in total. The van der Waals surface area contributed by atoms with Crippen molar-refractivity contribution in [3.8, 4) is 0 Å². The van der Waals surface area contributed by atoms with Gasteiger partial charge in [-0.2, -0.15) is 0 Å². The van der Waals surface area contributed by atoms with Crippen LogP contribution in [0.5, 0.6) is 0 Å². The molecule has 3 nitrogen and oxygen atoms in total. The largest absolute Gasteiger partial charge is 0 e. The predicted molar refractivity (Wildman–Crippen MR) is 40.3 cm³/mol. The molecule has 0 amide bonds. The summed E-state index contributed by atoms with van der Waals surface area (Å²) in [5.41, 5.74) is 0. The first-order valence-corrected chi connectivity index (χ1v) is 0.775. The second-order valence-electron chi connectivity index (χ2n) is 0.346. The second-order valence-corrected chi connectivity index (χ2v) is 0.346. The van der Waals surface area contributed by atoms with Gasteiger partial charge < -0.3 is 17.9 Å². The van der Waals surface area contributed by atoms with Crippen molar-refractivity contribution >= 4 is 72.2 Å². The van der Waals surface area contributed by atoms with E-state index >= 15 is 0 Å². The molecule has 0 rings (SSSR count). The summed E-state index contributed by atoms with van der Waals surface area (Å²) in [5, 5.41) is 21.5. The summed E-state index contributed by atoms with van der Waals surface area (Å²) in [6.45, 7) is 0. The van der Waals surface area contributed by atoms with E-state index < -0.39 is 7.32 Å². The number of hydrogen-bond acceptors (Lipinski definition) is 3. The molecule has 0 atom stereocenters. The summed E-state index contributed by atoms with van der Waals surface area (Å²) >= 11 is 0. The minimum atomic E-state index is -2.17. The Balaban J connectivity index is -0.00000000161. The third kappa shape index (κ3) is 95.6. The molecule has 0 bridgehead atoms. The molecule has 10 heteroatoms. The van der Waals surface area contributed by atoms with Gasteiger partial charge in [-0.3, -0.25) is 0 Å². The van der Waals surface area contributed by atoms with Crippen LogP contribution in [-0.4, -0.2) is 87.2 Å². The van der Waals surface area contributed by atoms with Crippen LogP contribution in [0.1, 0.15) is 2.85 Å². The van der Waals surface area contributed by atoms with E-state index in [1.807, 2.05) is 0 Å². The minimum Gasteiger partial charge on any atom is 0 e. The fourth-order valence-electron chi connectivity index (χ4n) is 0. The van der Waals surface area contributed by atoms with Gasteiger partial charge in [-0.1, -0.05) is 0 Å². The Morgan fingerprint density at radius 3 is 1.10 bits per heavy atom. The molecule has 0 aliphatic carbocycles. The molecular formula is H11AlBFeMgNiO3SbTi. The van der Waals surface area contributed by atoms with Crippen LogP contribution in [-0.2, 0) is 55.3 Å². The molecule has 0 aromatic heterocycles. The molecule has 64 valence electrons. The maximum Gasteiger partial charge on any atom is 0 e. The van der Waals surface area contributed by atoms with Crippen molar-refractivity contribution in [3.05, 3.63) is 0 Å². The van der Waals surface area contributed by atoms with Crippen LogP contribution in [0.15, 0.2) is 0 Å². The first kappa shape index (κ1) is 48.9. The molecule has 0 unspecified atom stereocenters. The van der Waals surface area contributed by atoms with Gasteiger partial charge in [-0.25, -0.2) is 0 Å². The van der Waals surface area contributed by atoms with Crippen molar-refractivity contribution in [2.24, 2.45) is 0 Å². The fourth-order valence-corrected chi connectivity index (χ4v) is 0. The Kier molecular flexibility index (Phi) is 189. The third-order valence-electron chi connectivity index (χ3n) is 0. The number of hydrogen-bond donors (Lipinski definition) is 3. The molecule has 0 saturated carbocycles. The average molecular weight is 405 g/mol. The monoisotopic (exact) mass is 404 g/mol. The van der Waals surface area contributed by atoms with Crippen molar-refractivity contribution in [1.29, 1.82) is 0 Å². The molecule has 0 heterocycles. The van der Waals surface area contributed by atoms with E-state index in [9.17, 15) is 0 Å². The van der Waals surface area contributed by atoms with Crippen molar-refractivity contribution in [3.63, 3.8) is 0 Å². The van der Waals surface area contributed by atoms with E-state index in [1.54, 1.807) is 0 Å². The Bertz CT molecular complexity index is 41.0. The quantitative estimate of drug-likeness (QED) is 0.356. The molecule has 0 aliphatic heterocycles. The van der Waals surface area contributed by atoms with Crippen molar-refractivity contribution in [2.75, 3.05) is 0 Å². The van der Waals surface area contributed by atoms with Crippen molar-refractivity contribution in [1.82, 2.24) is 0 Å². The second kappa shape index (κ2) is 38.6. The molecule has 0 saturated heterocycles. The fraction of sp³-hybridized carbons (Fsp3) is 0. The van der Waals surface area contributed by atoms with E-state index in [4.69, 9.17) is 15.1 Å². The smallest absolute Gasteiger partial charge is 0 e. The molecule has 0 fully saturated rings. The SMILES string of the molecule is OB(O)O.[AlH3].[Fe].[H-].[H-].[Mg+2].[Ni].[SbH3].[Ti]. The van der Waals surface area contributed by atoms with Crippen LogP contribution in [0.3, 0.4) is 0 Å². The van der Waals surface area contributed by atoms with Gasteiger partial charge in [0.1, 0.15) is 0 Å². The topological polar surface area (TPSA) is 60.7 Å². The molecular weight excluding hydrogens is 394 g/mol. The van der Waals surface area contributed by atoms with E-state index in [0.29, 0.717) is 0 Å². The van der Waals surface area contributed by atoms with Crippen molar-refractivity contribution < 1.29 is 73.2 Å². The summed E-state index contributed by atoms with van der Waals surface area (Å²) in [6.07, 6.45) is 0. The Morgan fingerprint density at radius 1 is 1.10 bits per heavy atom. The van der Waals surface area contributed by atoms with Gasteiger partial charge in [0.15, 0.2) is 17.4 Å². The van der Waals surface area contributed by atoms with Crippen LogP contribution in [0, 0.1) is 0 Å². The third-order valence-corrected chi connectivity index (χ3v) is 0. The van der Waals surface area contributed by atoms with Crippen LogP contribution < -0.4 is 0 Å². The molecule has 10 heavy (non-hydrogen) atoms. The summed E-state index contributed by atoms with van der Waals surface area (Å²) in [4.78, 5) is 0.